The van der Waals surface area contributed by atoms with E-state index in [-0.39, 0.29) is 11.9 Å². The minimum Gasteiger partial charge on any atom is -0.368 e. The summed E-state index contributed by atoms with van der Waals surface area (Å²) in [6, 6.07) is 5.59. The van der Waals surface area contributed by atoms with Gasteiger partial charge >= 0.3 is 0 Å². The lowest BCUT2D eigenvalue weighted by molar-refractivity contribution is 0.416. The molecule has 0 spiro atoms. The third-order valence-electron chi connectivity index (χ3n) is 4.15. The summed E-state index contributed by atoms with van der Waals surface area (Å²) in [6.45, 7) is 4.91. The molecule has 0 aliphatic heterocycles. The van der Waals surface area contributed by atoms with Gasteiger partial charge in [0.05, 0.1) is 0 Å². The number of anilines is 1. The van der Waals surface area contributed by atoms with Crippen molar-refractivity contribution >= 4 is 5.69 Å². The van der Waals surface area contributed by atoms with Gasteiger partial charge in [0.1, 0.15) is 5.82 Å². The van der Waals surface area contributed by atoms with Crippen LogP contribution in [-0.4, -0.2) is 12.6 Å². The summed E-state index contributed by atoms with van der Waals surface area (Å²) in [7, 11) is 0. The molecule has 2 rings (SSSR count). The van der Waals surface area contributed by atoms with Crippen LogP contribution in [0.1, 0.15) is 57.6 Å². The van der Waals surface area contributed by atoms with Gasteiger partial charge in [0.2, 0.25) is 0 Å². The number of hydrogen-bond acceptors (Lipinski definition) is 2. The molecule has 0 heterocycles. The van der Waals surface area contributed by atoms with Crippen molar-refractivity contribution in [1.82, 2.24) is 0 Å². The largest absolute Gasteiger partial charge is 0.368 e. The fraction of sp³-hybridized carbons (Fsp3) is 0.625. The first-order valence-corrected chi connectivity index (χ1v) is 7.45. The van der Waals surface area contributed by atoms with Crippen molar-refractivity contribution in [3.63, 3.8) is 0 Å². The van der Waals surface area contributed by atoms with Crippen molar-refractivity contribution < 1.29 is 4.39 Å². The maximum atomic E-state index is 14.1. The minimum atomic E-state index is -0.270. The van der Waals surface area contributed by atoms with Gasteiger partial charge in [-0.25, -0.2) is 4.39 Å². The van der Waals surface area contributed by atoms with E-state index in [0.29, 0.717) is 11.6 Å². The molecule has 1 saturated carbocycles. The van der Waals surface area contributed by atoms with E-state index in [1.54, 1.807) is 6.07 Å². The molecule has 0 amide bonds. The summed E-state index contributed by atoms with van der Waals surface area (Å²) < 4.78 is 14.1. The predicted octanol–water partition coefficient (Wildman–Crippen LogP) is 4.00. The van der Waals surface area contributed by atoms with Crippen molar-refractivity contribution in [3.05, 3.63) is 29.6 Å². The second-order valence-electron chi connectivity index (χ2n) is 5.54. The van der Waals surface area contributed by atoms with Crippen LogP contribution in [0.2, 0.25) is 0 Å². The van der Waals surface area contributed by atoms with Crippen molar-refractivity contribution in [2.75, 3.05) is 11.4 Å². The van der Waals surface area contributed by atoms with Crippen LogP contribution >= 0.6 is 0 Å². The summed E-state index contributed by atoms with van der Waals surface area (Å²) >= 11 is 0. The summed E-state index contributed by atoms with van der Waals surface area (Å²) in [5.74, 6) is -0.179. The van der Waals surface area contributed by atoms with Gasteiger partial charge in [-0.1, -0.05) is 25.3 Å². The van der Waals surface area contributed by atoms with E-state index in [1.165, 1.54) is 38.2 Å². The third kappa shape index (κ3) is 3.08. The first-order valence-electron chi connectivity index (χ1n) is 7.45. The summed E-state index contributed by atoms with van der Waals surface area (Å²) in [4.78, 5) is 2.35. The Balaban J connectivity index is 2.34. The van der Waals surface area contributed by atoms with Crippen LogP contribution < -0.4 is 10.6 Å². The van der Waals surface area contributed by atoms with Crippen LogP contribution in [0.4, 0.5) is 10.1 Å². The molecule has 2 nitrogen and oxygen atoms in total. The quantitative estimate of drug-likeness (QED) is 0.890. The number of benzene rings is 1. The van der Waals surface area contributed by atoms with Gasteiger partial charge < -0.3 is 10.6 Å². The van der Waals surface area contributed by atoms with Gasteiger partial charge in [0.25, 0.3) is 0 Å². The summed E-state index contributed by atoms with van der Waals surface area (Å²) in [5.41, 5.74) is 7.62. The lowest BCUT2D eigenvalue weighted by atomic mass is 9.93. The molecule has 1 fully saturated rings. The normalized spacial score (nSPS) is 18.3. The van der Waals surface area contributed by atoms with Gasteiger partial charge in [-0.2, -0.15) is 0 Å². The predicted molar refractivity (Wildman–Crippen MR) is 78.9 cm³/mol. The van der Waals surface area contributed by atoms with Gasteiger partial charge in [0, 0.05) is 29.9 Å². The maximum Gasteiger partial charge on any atom is 0.130 e. The first kappa shape index (κ1) is 14.3. The lowest BCUT2D eigenvalue weighted by Crippen LogP contribution is -2.37. The number of nitrogens with zero attached hydrogens (tertiary/aromatic N) is 1. The zero-order valence-corrected chi connectivity index (χ0v) is 12.0. The molecule has 2 N–H and O–H groups in total. The van der Waals surface area contributed by atoms with E-state index in [4.69, 9.17) is 5.73 Å². The van der Waals surface area contributed by atoms with Crippen molar-refractivity contribution in [2.45, 2.75) is 58.0 Å². The molecule has 0 bridgehead atoms. The van der Waals surface area contributed by atoms with Crippen LogP contribution in [-0.2, 0) is 0 Å². The molecule has 1 aromatic carbocycles. The molecular weight excluding hydrogens is 239 g/mol. The number of hydrogen-bond donors (Lipinski definition) is 1. The Bertz CT molecular complexity index is 411. The van der Waals surface area contributed by atoms with E-state index in [9.17, 15) is 4.39 Å². The Kier molecular flexibility index (Phi) is 4.81. The molecule has 0 unspecified atom stereocenters. The van der Waals surface area contributed by atoms with E-state index >= 15 is 0 Å². The minimum absolute atomic E-state index is 0.179. The lowest BCUT2D eigenvalue weighted by Gasteiger charge is -2.37. The molecule has 3 heteroatoms. The standard InChI is InChI=1S/C16H25FN2/c1-3-19(13-8-5-4-6-9-13)15-11-7-10-14(17)16(15)12(2)18/h7,10-13H,3-6,8-9,18H2,1-2H3/t12-/m1/s1. The van der Waals surface area contributed by atoms with E-state index in [0.717, 1.165) is 12.2 Å². The van der Waals surface area contributed by atoms with Crippen molar-refractivity contribution in [3.8, 4) is 0 Å². The zero-order chi connectivity index (χ0) is 13.8. The summed E-state index contributed by atoms with van der Waals surface area (Å²) in [5, 5.41) is 0. The van der Waals surface area contributed by atoms with Gasteiger partial charge in [-0.15, -0.1) is 0 Å². The fourth-order valence-electron chi connectivity index (χ4n) is 3.24. The highest BCUT2D eigenvalue weighted by Gasteiger charge is 2.24. The Morgan fingerprint density at radius 1 is 1.32 bits per heavy atom. The van der Waals surface area contributed by atoms with Crippen LogP contribution in [0.25, 0.3) is 0 Å². The molecule has 19 heavy (non-hydrogen) atoms. The van der Waals surface area contributed by atoms with Gasteiger partial charge in [0.15, 0.2) is 0 Å². The Morgan fingerprint density at radius 3 is 2.58 bits per heavy atom. The second kappa shape index (κ2) is 6.38. The number of halogens is 1. The van der Waals surface area contributed by atoms with Crippen molar-refractivity contribution in [1.29, 1.82) is 0 Å². The molecule has 106 valence electrons. The molecule has 1 aliphatic carbocycles. The Morgan fingerprint density at radius 2 is 2.00 bits per heavy atom. The van der Waals surface area contributed by atoms with Crippen LogP contribution in [0.15, 0.2) is 18.2 Å². The van der Waals surface area contributed by atoms with Crippen LogP contribution in [0.5, 0.6) is 0 Å². The molecule has 1 atom stereocenters. The van der Waals surface area contributed by atoms with E-state index < -0.39 is 0 Å². The molecule has 0 radical (unpaired) electrons. The molecule has 1 aromatic rings. The number of nitrogens with two attached hydrogens (primary N) is 1. The van der Waals surface area contributed by atoms with Crippen molar-refractivity contribution in [2.24, 2.45) is 5.73 Å². The van der Waals surface area contributed by atoms with Crippen LogP contribution in [0.3, 0.4) is 0 Å². The molecule has 0 aromatic heterocycles. The van der Waals surface area contributed by atoms with Crippen LogP contribution in [0, 0.1) is 5.82 Å². The molecular formula is C16H25FN2. The highest BCUT2D eigenvalue weighted by molar-refractivity contribution is 5.56. The monoisotopic (exact) mass is 264 g/mol. The first-order chi connectivity index (χ1) is 9.15. The average Bonchev–Trinajstić information content (AvgIpc) is 2.40. The Labute approximate surface area is 115 Å². The third-order valence-corrected chi connectivity index (χ3v) is 4.15. The molecule has 0 saturated heterocycles. The zero-order valence-electron chi connectivity index (χ0n) is 12.0. The Hall–Kier alpha value is -1.09. The molecule has 1 aliphatic rings. The summed E-state index contributed by atoms with van der Waals surface area (Å²) in [6.07, 6.45) is 6.32. The van der Waals surface area contributed by atoms with Gasteiger partial charge in [-0.3, -0.25) is 0 Å². The van der Waals surface area contributed by atoms with E-state index in [2.05, 4.69) is 11.8 Å². The smallest absolute Gasteiger partial charge is 0.130 e. The highest BCUT2D eigenvalue weighted by Crippen LogP contribution is 2.33. The average molecular weight is 264 g/mol. The van der Waals surface area contributed by atoms with E-state index in [1.807, 2.05) is 13.0 Å². The van der Waals surface area contributed by atoms with Gasteiger partial charge in [-0.05, 0) is 38.8 Å². The second-order valence-corrected chi connectivity index (χ2v) is 5.54. The number of rotatable bonds is 4. The topological polar surface area (TPSA) is 29.3 Å². The fourth-order valence-corrected chi connectivity index (χ4v) is 3.24. The maximum absolute atomic E-state index is 14.1. The highest BCUT2D eigenvalue weighted by atomic mass is 19.1. The SMILES string of the molecule is CCN(c1cccc(F)c1[C@@H](C)N)C1CCCCC1.